The molecule has 1 atom stereocenters. The topological polar surface area (TPSA) is 53.9 Å². The van der Waals surface area contributed by atoms with Crippen LogP contribution in [-0.4, -0.2) is 27.4 Å². The second kappa shape index (κ2) is 8.51. The van der Waals surface area contributed by atoms with E-state index in [9.17, 15) is 4.79 Å². The first-order chi connectivity index (χ1) is 13.1. The maximum atomic E-state index is 12.5. The van der Waals surface area contributed by atoms with E-state index in [1.807, 2.05) is 25.2 Å². The van der Waals surface area contributed by atoms with Crippen LogP contribution in [0.2, 0.25) is 5.02 Å². The summed E-state index contributed by atoms with van der Waals surface area (Å²) in [6.45, 7) is 6.31. The van der Waals surface area contributed by atoms with Crippen LogP contribution in [0.1, 0.15) is 46.9 Å². The average molecular weight is 454 g/mol. The fourth-order valence-electron chi connectivity index (χ4n) is 2.44. The highest BCUT2D eigenvalue weighted by atomic mass is 35.5. The molecule has 9 heteroatoms. The first-order valence-electron chi connectivity index (χ1n) is 8.52. The lowest BCUT2D eigenvalue weighted by Gasteiger charge is -2.33. The lowest BCUT2D eigenvalue weighted by molar-refractivity contribution is 0.0521. The molecule has 5 nitrogen and oxygen atoms in total. The number of hydrogen-bond acceptors (Lipinski definition) is 7. The van der Waals surface area contributed by atoms with Crippen molar-refractivity contribution in [3.8, 4) is 0 Å². The van der Waals surface area contributed by atoms with Gasteiger partial charge < -0.3 is 4.84 Å². The van der Waals surface area contributed by atoms with Crippen molar-refractivity contribution in [2.75, 3.05) is 7.05 Å². The van der Waals surface area contributed by atoms with E-state index in [4.69, 9.17) is 28.7 Å². The van der Waals surface area contributed by atoms with Crippen molar-refractivity contribution in [2.24, 2.45) is 5.16 Å². The van der Waals surface area contributed by atoms with Crippen molar-refractivity contribution < 1.29 is 9.63 Å². The summed E-state index contributed by atoms with van der Waals surface area (Å²) < 4.78 is 0.589. The van der Waals surface area contributed by atoms with Gasteiger partial charge in [-0.1, -0.05) is 61.9 Å². The molecule has 2 aromatic rings. The molecule has 2 heterocycles. The Labute approximate surface area is 183 Å². The highest BCUT2D eigenvalue weighted by molar-refractivity contribution is 8.33. The van der Waals surface area contributed by atoms with E-state index in [0.717, 1.165) is 10.4 Å². The Morgan fingerprint density at radius 1 is 1.25 bits per heavy atom. The van der Waals surface area contributed by atoms with Gasteiger partial charge in [0.1, 0.15) is 16.0 Å². The van der Waals surface area contributed by atoms with Crippen LogP contribution < -0.4 is 5.43 Å². The summed E-state index contributed by atoms with van der Waals surface area (Å²) in [6, 6.07) is 10.8. The first kappa shape index (κ1) is 21.3. The minimum absolute atomic E-state index is 0.0192. The Morgan fingerprint density at radius 3 is 2.54 bits per heavy atom. The summed E-state index contributed by atoms with van der Waals surface area (Å²) in [4.78, 5) is 19.3. The minimum atomic E-state index is -0.478. The smallest absolute Gasteiger partial charge is 0.311 e. The van der Waals surface area contributed by atoms with Crippen molar-refractivity contribution in [1.82, 2.24) is 10.4 Å². The standard InChI is InChI=1S/C19H20ClN3O2S3/c1-19(2,3)14-10-9-13(27-14)17(24)25-22-16-15(21-23(4)18(26)28-16)11-5-7-12(20)8-6-11/h5-10,15,21H,1-4H3. The number of oxime groups is 1. The molecule has 1 N–H and O–H groups in total. The molecule has 1 aromatic carbocycles. The maximum absolute atomic E-state index is 12.5. The Bertz CT molecular complexity index is 919. The third kappa shape index (κ3) is 4.93. The molecule has 1 aliphatic heterocycles. The fraction of sp³-hybridized carbons (Fsp3) is 0.316. The van der Waals surface area contributed by atoms with Crippen LogP contribution in [0.4, 0.5) is 0 Å². The number of halogens is 1. The number of rotatable bonds is 3. The van der Waals surface area contributed by atoms with Crippen LogP contribution in [-0.2, 0) is 10.3 Å². The Kier molecular flexibility index (Phi) is 6.46. The van der Waals surface area contributed by atoms with Crippen molar-refractivity contribution >= 4 is 62.3 Å². The van der Waals surface area contributed by atoms with Crippen LogP contribution >= 0.6 is 46.9 Å². The van der Waals surface area contributed by atoms with Crippen LogP contribution in [0, 0.1) is 0 Å². The number of benzene rings is 1. The van der Waals surface area contributed by atoms with Gasteiger partial charge >= 0.3 is 5.97 Å². The normalized spacial score (nSPS) is 19.2. The van der Waals surface area contributed by atoms with Gasteiger partial charge in [0.05, 0.1) is 0 Å². The summed E-state index contributed by atoms with van der Waals surface area (Å²) >= 11 is 14.0. The second-order valence-corrected chi connectivity index (χ2v) is 10.4. The van der Waals surface area contributed by atoms with E-state index in [1.54, 1.807) is 23.2 Å². The van der Waals surface area contributed by atoms with Gasteiger partial charge in [0.15, 0.2) is 4.32 Å². The predicted molar refractivity (Wildman–Crippen MR) is 121 cm³/mol. The van der Waals surface area contributed by atoms with E-state index in [1.165, 1.54) is 23.1 Å². The van der Waals surface area contributed by atoms with Crippen molar-refractivity contribution in [1.29, 1.82) is 0 Å². The zero-order valence-corrected chi connectivity index (χ0v) is 19.1. The Morgan fingerprint density at radius 2 is 1.93 bits per heavy atom. The average Bonchev–Trinajstić information content (AvgIpc) is 3.13. The molecule has 148 valence electrons. The van der Waals surface area contributed by atoms with E-state index in [0.29, 0.717) is 19.3 Å². The summed E-state index contributed by atoms with van der Waals surface area (Å²) in [7, 11) is 1.83. The molecule has 0 radical (unpaired) electrons. The first-order valence-corrected chi connectivity index (χ1v) is 10.9. The van der Waals surface area contributed by atoms with Gasteiger partial charge in [0.2, 0.25) is 0 Å². The monoisotopic (exact) mass is 453 g/mol. The van der Waals surface area contributed by atoms with Gasteiger partial charge in [-0.3, -0.25) is 5.01 Å². The SMILES string of the molecule is CN1NC(c2ccc(Cl)cc2)C(=NOC(=O)c2ccc(C(C)(C)C)s2)SC1=S. The van der Waals surface area contributed by atoms with Crippen LogP contribution in [0.5, 0.6) is 0 Å². The van der Waals surface area contributed by atoms with Gasteiger partial charge in [-0.05, 0) is 47.0 Å². The number of nitrogens with one attached hydrogen (secondary N) is 1. The number of hydrazine groups is 1. The van der Waals surface area contributed by atoms with Gasteiger partial charge in [0.25, 0.3) is 0 Å². The molecule has 28 heavy (non-hydrogen) atoms. The highest BCUT2D eigenvalue weighted by Gasteiger charge is 2.30. The van der Waals surface area contributed by atoms with Crippen molar-refractivity contribution in [3.63, 3.8) is 0 Å². The van der Waals surface area contributed by atoms with Crippen LogP contribution in [0.3, 0.4) is 0 Å². The zero-order valence-electron chi connectivity index (χ0n) is 15.9. The van der Waals surface area contributed by atoms with E-state index < -0.39 is 5.97 Å². The summed E-state index contributed by atoms with van der Waals surface area (Å²) in [6.07, 6.45) is 0. The Balaban J connectivity index is 1.80. The fourth-order valence-corrected chi connectivity index (χ4v) is 4.56. The number of carbonyl (C=O) groups excluding carboxylic acids is 1. The molecule has 1 aliphatic rings. The lowest BCUT2D eigenvalue weighted by atomic mass is 9.95. The molecular weight excluding hydrogens is 434 g/mol. The molecule has 0 spiro atoms. The van der Waals surface area contributed by atoms with Gasteiger partial charge in [-0.2, -0.15) is 0 Å². The predicted octanol–water partition coefficient (Wildman–Crippen LogP) is 5.38. The highest BCUT2D eigenvalue weighted by Crippen LogP contribution is 2.31. The molecule has 0 bridgehead atoms. The number of thiocarbonyl (C=S) groups is 1. The van der Waals surface area contributed by atoms with E-state index in [2.05, 4.69) is 31.4 Å². The molecule has 3 rings (SSSR count). The van der Waals surface area contributed by atoms with Gasteiger partial charge in [-0.25, -0.2) is 10.2 Å². The van der Waals surface area contributed by atoms with Crippen LogP contribution in [0.15, 0.2) is 41.6 Å². The van der Waals surface area contributed by atoms with E-state index in [-0.39, 0.29) is 11.5 Å². The summed E-state index contributed by atoms with van der Waals surface area (Å²) in [5.41, 5.74) is 4.17. The molecule has 1 fully saturated rings. The largest absolute Gasteiger partial charge is 0.375 e. The number of thiophene rings is 1. The molecule has 1 unspecified atom stereocenters. The number of thioether (sulfide) groups is 1. The molecular formula is C19H20ClN3O2S3. The van der Waals surface area contributed by atoms with Crippen molar-refractivity contribution in [3.05, 3.63) is 56.7 Å². The molecule has 0 amide bonds. The lowest BCUT2D eigenvalue weighted by Crippen LogP contribution is -2.47. The second-order valence-electron chi connectivity index (χ2n) is 7.26. The van der Waals surface area contributed by atoms with Gasteiger partial charge in [0, 0.05) is 16.9 Å². The molecule has 0 saturated carbocycles. The van der Waals surface area contributed by atoms with Crippen molar-refractivity contribution in [2.45, 2.75) is 32.2 Å². The minimum Gasteiger partial charge on any atom is -0.311 e. The molecule has 0 aliphatic carbocycles. The quantitative estimate of drug-likeness (QED) is 0.382. The number of nitrogens with zero attached hydrogens (tertiary/aromatic N) is 2. The summed E-state index contributed by atoms with van der Waals surface area (Å²) in [5, 5.41) is 7.08. The van der Waals surface area contributed by atoms with E-state index >= 15 is 0 Å². The molecule has 1 saturated heterocycles. The Hall–Kier alpha value is -1.45. The molecule has 1 aromatic heterocycles. The third-order valence-corrected chi connectivity index (χ3v) is 7.24. The number of carbonyl (C=O) groups is 1. The summed E-state index contributed by atoms with van der Waals surface area (Å²) in [5.74, 6) is -0.478. The third-order valence-electron chi connectivity index (χ3n) is 4.00. The maximum Gasteiger partial charge on any atom is 0.375 e. The zero-order chi connectivity index (χ0) is 20.5. The van der Waals surface area contributed by atoms with Gasteiger partial charge in [-0.15, -0.1) is 11.3 Å². The van der Waals surface area contributed by atoms with Crippen LogP contribution in [0.25, 0.3) is 0 Å². The number of hydrogen-bond donors (Lipinski definition) is 1.